The first kappa shape index (κ1) is 45.9. The van der Waals surface area contributed by atoms with Gasteiger partial charge in [-0.05, 0) is 75.9 Å². The van der Waals surface area contributed by atoms with E-state index in [1.807, 2.05) is 21.9 Å². The highest BCUT2D eigenvalue weighted by molar-refractivity contribution is 6.30. The van der Waals surface area contributed by atoms with Gasteiger partial charge in [0.25, 0.3) is 11.8 Å². The zero-order chi connectivity index (χ0) is 41.8. The van der Waals surface area contributed by atoms with Crippen LogP contribution in [0.3, 0.4) is 0 Å². The quantitative estimate of drug-likeness (QED) is 0.0686. The van der Waals surface area contributed by atoms with Crippen LogP contribution in [0.15, 0.2) is 65.7 Å². The summed E-state index contributed by atoms with van der Waals surface area (Å²) in [7, 11) is 3.39. The highest BCUT2D eigenvalue weighted by atomic mass is 16.5. The molecule has 5 rings (SSSR count). The molecule has 0 aromatic heterocycles. The Morgan fingerprint density at radius 1 is 0.492 bits per heavy atom. The van der Waals surface area contributed by atoms with Crippen molar-refractivity contribution in [3.8, 4) is 5.75 Å². The Balaban J connectivity index is 1.49. The maximum atomic E-state index is 15.0. The molecule has 2 heterocycles. The van der Waals surface area contributed by atoms with Gasteiger partial charge in [-0.15, -0.1) is 0 Å². The number of rotatable bonds is 28. The summed E-state index contributed by atoms with van der Waals surface area (Å²) in [5.41, 5.74) is 4.48. The van der Waals surface area contributed by atoms with Crippen LogP contribution in [0.25, 0.3) is 34.3 Å². The summed E-state index contributed by atoms with van der Waals surface area (Å²) in [6, 6.07) is 18.8. The molecule has 2 aliphatic heterocycles. The van der Waals surface area contributed by atoms with Crippen LogP contribution in [-0.4, -0.2) is 55.5 Å². The second-order valence-corrected chi connectivity index (χ2v) is 16.8. The van der Waals surface area contributed by atoms with E-state index in [-0.39, 0.29) is 11.8 Å². The summed E-state index contributed by atoms with van der Waals surface area (Å²) in [5.74, 6) is 0.705. The third kappa shape index (κ3) is 12.4. The largest absolute Gasteiger partial charge is 0.497 e. The van der Waals surface area contributed by atoms with E-state index < -0.39 is 0 Å². The van der Waals surface area contributed by atoms with Crippen molar-refractivity contribution >= 4 is 46.1 Å². The average Bonchev–Trinajstić information content (AvgIpc) is 3.70. The normalized spacial score (nSPS) is 14.9. The summed E-state index contributed by atoms with van der Waals surface area (Å²) in [6.07, 6.45) is 29.7. The number of hydrogen-bond acceptors (Lipinski definition) is 4. The number of carbonyl (C=O) groups is 2. The predicted molar refractivity (Wildman–Crippen MR) is 248 cm³/mol. The van der Waals surface area contributed by atoms with E-state index in [9.17, 15) is 0 Å². The maximum absolute atomic E-state index is 15.0. The topological polar surface area (TPSA) is 59.1 Å². The number of fused-ring (bicyclic) bond motifs is 2. The minimum Gasteiger partial charge on any atom is -0.497 e. The molecule has 3 aromatic rings. The van der Waals surface area contributed by atoms with Crippen molar-refractivity contribution in [2.75, 3.05) is 33.9 Å². The molecule has 0 atom stereocenters. The molecule has 3 aromatic carbocycles. The Bertz CT molecular complexity index is 2010. The zero-order valence-electron chi connectivity index (χ0n) is 37.3. The molecule has 0 aliphatic carbocycles. The number of amides is 2. The maximum Gasteiger partial charge on any atom is 0.261 e. The number of nitrogens with zero attached hydrogens (tertiary/aromatic N) is 2. The van der Waals surface area contributed by atoms with Crippen molar-refractivity contribution in [1.29, 1.82) is 0 Å². The summed E-state index contributed by atoms with van der Waals surface area (Å²) in [4.78, 5) is 34.0. The van der Waals surface area contributed by atoms with E-state index in [1.165, 1.54) is 103 Å². The Morgan fingerprint density at radius 2 is 0.949 bits per heavy atom. The Hall–Kier alpha value is -4.16. The molecule has 0 fully saturated rings. The fourth-order valence-electron chi connectivity index (χ4n) is 8.91. The van der Waals surface area contributed by atoms with E-state index in [0.717, 1.165) is 81.6 Å². The lowest BCUT2D eigenvalue weighted by Crippen LogP contribution is -2.32. The van der Waals surface area contributed by atoms with Crippen molar-refractivity contribution in [3.63, 3.8) is 0 Å². The van der Waals surface area contributed by atoms with Crippen LogP contribution in [0.1, 0.15) is 167 Å². The number of methoxy groups -OCH3 is 2. The minimum atomic E-state index is -0.0503. The first-order valence-corrected chi connectivity index (χ1v) is 23.5. The molecule has 320 valence electrons. The van der Waals surface area contributed by atoms with Gasteiger partial charge < -0.3 is 19.3 Å². The molecule has 6 nitrogen and oxygen atoms in total. The third-order valence-corrected chi connectivity index (χ3v) is 12.2. The van der Waals surface area contributed by atoms with E-state index in [0.29, 0.717) is 30.8 Å². The molecule has 0 N–H and O–H groups in total. The number of hydrogen-bond donors (Lipinski definition) is 0. The van der Waals surface area contributed by atoms with Crippen LogP contribution in [0.2, 0.25) is 0 Å². The second kappa shape index (κ2) is 24.8. The number of benzene rings is 3. The van der Waals surface area contributed by atoms with Gasteiger partial charge in [0.1, 0.15) is 5.75 Å². The van der Waals surface area contributed by atoms with Gasteiger partial charge in [-0.2, -0.15) is 0 Å². The predicted octanol–water partition coefficient (Wildman–Crippen LogP) is 12.1. The number of ether oxygens (including phenoxy) is 2. The SMILES string of the molecule is CC/C=c1/cc(C2=C3C(=O)N(CCCCCCCCCCCC)C(c4ccc5cc(OC)ccc5c4)=C3C(=O)N2CCCCCCCCCCCC)cc/c1=C/COC. The van der Waals surface area contributed by atoms with Gasteiger partial charge in [0.15, 0.2) is 0 Å². The Labute approximate surface area is 356 Å². The van der Waals surface area contributed by atoms with Crippen molar-refractivity contribution < 1.29 is 19.1 Å². The highest BCUT2D eigenvalue weighted by Gasteiger charge is 2.48. The molecule has 0 radical (unpaired) electrons. The van der Waals surface area contributed by atoms with E-state index in [4.69, 9.17) is 9.47 Å². The summed E-state index contributed by atoms with van der Waals surface area (Å²) in [6.45, 7) is 8.38. The third-order valence-electron chi connectivity index (χ3n) is 12.2. The molecular formula is C53H74N2O4. The zero-order valence-corrected chi connectivity index (χ0v) is 37.3. The van der Waals surface area contributed by atoms with Gasteiger partial charge >= 0.3 is 0 Å². The monoisotopic (exact) mass is 803 g/mol. The summed E-state index contributed by atoms with van der Waals surface area (Å²) >= 11 is 0. The molecule has 0 saturated carbocycles. The summed E-state index contributed by atoms with van der Waals surface area (Å²) in [5, 5.41) is 4.30. The van der Waals surface area contributed by atoms with Crippen molar-refractivity contribution in [2.45, 2.75) is 156 Å². The molecule has 0 saturated heterocycles. The van der Waals surface area contributed by atoms with E-state index >= 15 is 9.59 Å². The van der Waals surface area contributed by atoms with Gasteiger partial charge in [-0.3, -0.25) is 9.59 Å². The Morgan fingerprint density at radius 3 is 1.44 bits per heavy atom. The van der Waals surface area contributed by atoms with Gasteiger partial charge in [-0.25, -0.2) is 0 Å². The summed E-state index contributed by atoms with van der Waals surface area (Å²) < 4.78 is 10.9. The molecule has 2 aliphatic rings. The number of unbranched alkanes of at least 4 members (excludes halogenated alkanes) is 18. The first-order valence-electron chi connectivity index (χ1n) is 23.5. The fraction of sp³-hybridized carbons (Fsp3) is 0.547. The highest BCUT2D eigenvalue weighted by Crippen LogP contribution is 2.47. The van der Waals surface area contributed by atoms with Crippen LogP contribution in [0.4, 0.5) is 0 Å². The molecule has 59 heavy (non-hydrogen) atoms. The van der Waals surface area contributed by atoms with Crippen molar-refractivity contribution in [2.24, 2.45) is 0 Å². The van der Waals surface area contributed by atoms with Gasteiger partial charge in [-0.1, -0.05) is 179 Å². The van der Waals surface area contributed by atoms with Crippen LogP contribution in [-0.2, 0) is 14.3 Å². The lowest BCUT2D eigenvalue weighted by atomic mass is 9.99. The molecule has 0 spiro atoms. The van der Waals surface area contributed by atoms with Crippen LogP contribution in [0, 0.1) is 0 Å². The fourth-order valence-corrected chi connectivity index (χ4v) is 8.91. The number of carbonyl (C=O) groups excluding carboxylic acids is 2. The van der Waals surface area contributed by atoms with Gasteiger partial charge in [0.05, 0.1) is 36.3 Å². The van der Waals surface area contributed by atoms with E-state index in [1.54, 1.807) is 14.2 Å². The Kier molecular flexibility index (Phi) is 19.3. The van der Waals surface area contributed by atoms with Crippen LogP contribution >= 0.6 is 0 Å². The molecule has 0 bridgehead atoms. The van der Waals surface area contributed by atoms with Gasteiger partial charge in [0, 0.05) is 20.2 Å². The standard InChI is InChI=1S/C53H74N2O4/c1-6-9-11-13-15-17-19-21-23-25-35-54-50(45-30-28-41(34-37-58-4)42(38-45)27-8-3)48-49(53(54)57)51(46-31-29-44-40-47(59-5)33-32-43(44)39-46)55(52(48)56)36-26-24-22-20-18-16-14-12-10-7-2/h27-34,38-40H,6-26,35-37H2,1-5H3/b41-34-,42-27-. The van der Waals surface area contributed by atoms with E-state index in [2.05, 4.69) is 75.4 Å². The lowest BCUT2D eigenvalue weighted by molar-refractivity contribution is -0.124. The van der Waals surface area contributed by atoms with Gasteiger partial charge in [0.2, 0.25) is 0 Å². The first-order chi connectivity index (χ1) is 29.0. The molecule has 2 amide bonds. The molecular weight excluding hydrogens is 729 g/mol. The average molecular weight is 803 g/mol. The second-order valence-electron chi connectivity index (χ2n) is 16.8. The molecule has 0 unspecified atom stereocenters. The minimum absolute atomic E-state index is 0.0503. The van der Waals surface area contributed by atoms with Crippen LogP contribution < -0.4 is 15.2 Å². The molecule has 6 heteroatoms. The smallest absolute Gasteiger partial charge is 0.261 e. The lowest BCUT2D eigenvalue weighted by Gasteiger charge is -2.26. The van der Waals surface area contributed by atoms with Crippen molar-refractivity contribution in [3.05, 3.63) is 87.3 Å². The van der Waals surface area contributed by atoms with Crippen molar-refractivity contribution in [1.82, 2.24) is 9.80 Å². The van der Waals surface area contributed by atoms with Crippen LogP contribution in [0.5, 0.6) is 5.75 Å².